The number of aliphatic imine (C=N–C) groups is 1. The monoisotopic (exact) mass is 352 g/mol. The number of nitrogens with zero attached hydrogens (tertiary/aromatic N) is 4. The van der Waals surface area contributed by atoms with Crippen LogP contribution in [0.1, 0.15) is 20.8 Å². The lowest BCUT2D eigenvalue weighted by atomic mass is 9.98. The van der Waals surface area contributed by atoms with Gasteiger partial charge in [-0.1, -0.05) is 0 Å². The fourth-order valence-electron chi connectivity index (χ4n) is 2.54. The highest BCUT2D eigenvalue weighted by molar-refractivity contribution is 5.68. The van der Waals surface area contributed by atoms with Crippen molar-refractivity contribution in [3.63, 3.8) is 0 Å². The smallest absolute Gasteiger partial charge is 0.303 e. The normalized spacial score (nSPS) is 32.9. The molecule has 1 fully saturated rings. The molecule has 0 spiro atoms. The highest BCUT2D eigenvalue weighted by atomic mass is 16.6. The lowest BCUT2D eigenvalue weighted by Crippen LogP contribution is -2.48. The standard InChI is InChI=1S/C14H16N4O7/c1-7(19)22-4-10-11(23-8(2)20)12(24-9(3)21)13(25-10)14(5-15)16-6-17-18-14/h6,10-13H,4H2,1-3H3/t10-,11-,12-,13-,14?/m1/s1. The lowest BCUT2D eigenvalue weighted by Gasteiger charge is -2.26. The van der Waals surface area contributed by atoms with Gasteiger partial charge in [0.05, 0.1) is 0 Å². The Morgan fingerprint density at radius 2 is 1.80 bits per heavy atom. The number of carbonyl (C=O) groups is 3. The van der Waals surface area contributed by atoms with Crippen molar-refractivity contribution in [1.29, 1.82) is 5.26 Å². The summed E-state index contributed by atoms with van der Waals surface area (Å²) in [5.41, 5.74) is -1.79. The molecule has 2 rings (SSSR count). The Hall–Kier alpha value is -2.87. The molecule has 0 N–H and O–H groups in total. The van der Waals surface area contributed by atoms with Crippen molar-refractivity contribution in [3.8, 4) is 6.07 Å². The van der Waals surface area contributed by atoms with E-state index in [1.807, 2.05) is 6.07 Å². The Morgan fingerprint density at radius 1 is 1.16 bits per heavy atom. The van der Waals surface area contributed by atoms with E-state index in [1.165, 1.54) is 6.92 Å². The molecule has 25 heavy (non-hydrogen) atoms. The Kier molecular flexibility index (Phi) is 5.43. The minimum Gasteiger partial charge on any atom is -0.463 e. The Balaban J connectivity index is 2.36. The van der Waals surface area contributed by atoms with Gasteiger partial charge in [-0.3, -0.25) is 14.4 Å². The van der Waals surface area contributed by atoms with Gasteiger partial charge in [-0.2, -0.15) is 5.26 Å². The van der Waals surface area contributed by atoms with Crippen LogP contribution >= 0.6 is 0 Å². The zero-order chi connectivity index (χ0) is 18.6. The molecule has 11 heteroatoms. The van der Waals surface area contributed by atoms with Gasteiger partial charge in [-0.25, -0.2) is 4.99 Å². The minimum absolute atomic E-state index is 0.274. The number of hydrogen-bond acceptors (Lipinski definition) is 11. The van der Waals surface area contributed by atoms with E-state index >= 15 is 0 Å². The predicted octanol–water partition coefficient (Wildman–Crippen LogP) is -0.106. The molecule has 134 valence electrons. The van der Waals surface area contributed by atoms with Gasteiger partial charge in [0, 0.05) is 20.8 Å². The molecule has 2 aliphatic heterocycles. The molecule has 0 aliphatic carbocycles. The predicted molar refractivity (Wildman–Crippen MR) is 78.1 cm³/mol. The molecule has 1 saturated heterocycles. The number of esters is 3. The Labute approximate surface area is 142 Å². The van der Waals surface area contributed by atoms with Crippen molar-refractivity contribution < 1.29 is 33.3 Å². The van der Waals surface area contributed by atoms with Crippen LogP contribution in [0.5, 0.6) is 0 Å². The average Bonchev–Trinajstić information content (AvgIpc) is 3.11. The first kappa shape index (κ1) is 18.5. The van der Waals surface area contributed by atoms with Crippen LogP contribution in [0.3, 0.4) is 0 Å². The summed E-state index contributed by atoms with van der Waals surface area (Å²) < 4.78 is 21.0. The summed E-state index contributed by atoms with van der Waals surface area (Å²) in [4.78, 5) is 37.9. The molecule has 0 saturated carbocycles. The van der Waals surface area contributed by atoms with Gasteiger partial charge in [0.2, 0.25) is 0 Å². The van der Waals surface area contributed by atoms with Gasteiger partial charge in [-0.05, 0) is 0 Å². The second kappa shape index (κ2) is 7.35. The van der Waals surface area contributed by atoms with E-state index in [0.717, 1.165) is 20.2 Å². The van der Waals surface area contributed by atoms with Gasteiger partial charge in [-0.15, -0.1) is 10.2 Å². The van der Waals surface area contributed by atoms with E-state index in [-0.39, 0.29) is 6.61 Å². The van der Waals surface area contributed by atoms with Crippen molar-refractivity contribution in [2.45, 2.75) is 50.8 Å². The van der Waals surface area contributed by atoms with Crippen LogP contribution in [0.25, 0.3) is 0 Å². The van der Waals surface area contributed by atoms with Crippen LogP contribution in [0, 0.1) is 11.3 Å². The summed E-state index contributed by atoms with van der Waals surface area (Å²) in [6.45, 7) is 3.24. The molecule has 2 heterocycles. The summed E-state index contributed by atoms with van der Waals surface area (Å²) in [5, 5.41) is 16.8. The zero-order valence-corrected chi connectivity index (χ0v) is 13.7. The molecular weight excluding hydrogens is 336 g/mol. The van der Waals surface area contributed by atoms with Gasteiger partial charge in [0.1, 0.15) is 25.1 Å². The summed E-state index contributed by atoms with van der Waals surface area (Å²) >= 11 is 0. The molecule has 0 aromatic rings. The third-order valence-corrected chi connectivity index (χ3v) is 3.44. The maximum Gasteiger partial charge on any atom is 0.303 e. The first-order valence-corrected chi connectivity index (χ1v) is 7.29. The third-order valence-electron chi connectivity index (χ3n) is 3.44. The number of nitriles is 1. The number of rotatable bonds is 5. The average molecular weight is 352 g/mol. The van der Waals surface area contributed by atoms with Crippen LogP contribution < -0.4 is 0 Å². The van der Waals surface area contributed by atoms with Gasteiger partial charge >= 0.3 is 17.9 Å². The molecule has 0 aromatic carbocycles. The largest absolute Gasteiger partial charge is 0.463 e. The second-order valence-corrected chi connectivity index (χ2v) is 5.34. The SMILES string of the molecule is CC(=O)OC[C@H]1O[C@@H](C2(C#N)N=CN=N2)[C@H](OC(C)=O)[C@@H]1OC(C)=O. The number of carbonyl (C=O) groups excluding carboxylic acids is 3. The zero-order valence-electron chi connectivity index (χ0n) is 13.7. The molecule has 2 aliphatic rings. The molecule has 0 aromatic heterocycles. The molecule has 11 nitrogen and oxygen atoms in total. The summed E-state index contributed by atoms with van der Waals surface area (Å²) in [7, 11) is 0. The van der Waals surface area contributed by atoms with Crippen molar-refractivity contribution in [1.82, 2.24) is 0 Å². The number of ether oxygens (including phenoxy) is 4. The quantitative estimate of drug-likeness (QED) is 0.491. The van der Waals surface area contributed by atoms with Gasteiger partial charge in [0.25, 0.3) is 5.66 Å². The van der Waals surface area contributed by atoms with E-state index in [2.05, 4.69) is 15.2 Å². The van der Waals surface area contributed by atoms with E-state index < -0.39 is 48.0 Å². The molecule has 0 amide bonds. The molecule has 5 atom stereocenters. The van der Waals surface area contributed by atoms with Crippen molar-refractivity contribution in [2.24, 2.45) is 15.2 Å². The second-order valence-electron chi connectivity index (χ2n) is 5.34. The minimum atomic E-state index is -1.79. The summed E-state index contributed by atoms with van der Waals surface area (Å²) in [5.74, 6) is -1.93. The van der Waals surface area contributed by atoms with Crippen LogP contribution in [0.4, 0.5) is 0 Å². The topological polar surface area (TPSA) is 149 Å². The summed E-state index contributed by atoms with van der Waals surface area (Å²) in [6, 6.07) is 1.86. The van der Waals surface area contributed by atoms with Crippen molar-refractivity contribution in [2.75, 3.05) is 6.61 Å². The molecule has 0 bridgehead atoms. The molecule has 1 unspecified atom stereocenters. The van der Waals surface area contributed by atoms with Gasteiger partial charge in [0.15, 0.2) is 18.3 Å². The number of azo groups is 1. The highest BCUT2D eigenvalue weighted by Crippen LogP contribution is 2.37. The van der Waals surface area contributed by atoms with Crippen LogP contribution in [-0.4, -0.2) is 60.9 Å². The number of hydrogen-bond donors (Lipinski definition) is 0. The van der Waals surface area contributed by atoms with E-state index in [0.29, 0.717) is 0 Å². The fraction of sp³-hybridized carbons (Fsp3) is 0.643. The van der Waals surface area contributed by atoms with E-state index in [9.17, 15) is 19.6 Å². The first-order valence-electron chi connectivity index (χ1n) is 7.29. The van der Waals surface area contributed by atoms with Crippen LogP contribution in [0.2, 0.25) is 0 Å². The Bertz CT molecular complexity index is 657. The van der Waals surface area contributed by atoms with Gasteiger partial charge < -0.3 is 18.9 Å². The maximum atomic E-state index is 11.5. The summed E-state index contributed by atoms with van der Waals surface area (Å²) in [6.07, 6.45) is -3.40. The van der Waals surface area contributed by atoms with Crippen molar-refractivity contribution in [3.05, 3.63) is 0 Å². The first-order chi connectivity index (χ1) is 11.8. The molecule has 0 radical (unpaired) electrons. The van der Waals surface area contributed by atoms with Crippen LogP contribution in [0.15, 0.2) is 15.2 Å². The highest BCUT2D eigenvalue weighted by Gasteiger charge is 2.59. The fourth-order valence-corrected chi connectivity index (χ4v) is 2.54. The van der Waals surface area contributed by atoms with Crippen molar-refractivity contribution >= 4 is 24.2 Å². The third kappa shape index (κ3) is 3.97. The molecular formula is C14H16N4O7. The van der Waals surface area contributed by atoms with E-state index in [1.54, 1.807) is 0 Å². The maximum absolute atomic E-state index is 11.5. The Morgan fingerprint density at radius 3 is 2.28 bits per heavy atom. The van der Waals surface area contributed by atoms with Crippen LogP contribution in [-0.2, 0) is 33.3 Å². The lowest BCUT2D eigenvalue weighted by molar-refractivity contribution is -0.166. The van der Waals surface area contributed by atoms with E-state index in [4.69, 9.17) is 18.9 Å².